The molecule has 5 rings (SSSR count). The van der Waals surface area contributed by atoms with Gasteiger partial charge in [-0.05, 0) is 72.5 Å². The third-order valence-electron chi connectivity index (χ3n) is 6.66. The number of aromatic nitrogens is 2. The van der Waals surface area contributed by atoms with Crippen LogP contribution in [0.2, 0.25) is 0 Å². The molecule has 12 heteroatoms. The predicted molar refractivity (Wildman–Crippen MR) is 136 cm³/mol. The molecule has 4 aromatic heterocycles. The Morgan fingerprint density at radius 1 is 0.641 bits per heavy atom. The molecule has 0 bridgehead atoms. The highest BCUT2D eigenvalue weighted by atomic mass is 32.1. The van der Waals surface area contributed by atoms with Gasteiger partial charge in [-0.15, -0.1) is 22.7 Å². The van der Waals surface area contributed by atoms with Gasteiger partial charge in [-0.2, -0.15) is 26.3 Å². The number of alkyl halides is 6. The molecule has 204 valence electrons. The van der Waals surface area contributed by atoms with Gasteiger partial charge in [0.1, 0.15) is 12.2 Å². The summed E-state index contributed by atoms with van der Waals surface area (Å²) in [5, 5.41) is 21.5. The fourth-order valence-electron chi connectivity index (χ4n) is 4.63. The number of rotatable bonds is 6. The lowest BCUT2D eigenvalue weighted by atomic mass is 9.94. The fourth-order valence-corrected chi connectivity index (χ4v) is 6.73. The fraction of sp³-hybridized carbons (Fsp3) is 0.259. The molecule has 0 spiro atoms. The van der Waals surface area contributed by atoms with Gasteiger partial charge in [0.15, 0.2) is 0 Å². The van der Waals surface area contributed by atoms with Crippen LogP contribution in [0.25, 0.3) is 11.1 Å². The number of pyridine rings is 2. The van der Waals surface area contributed by atoms with Gasteiger partial charge in [0.2, 0.25) is 0 Å². The molecule has 0 aliphatic heterocycles. The number of hydrogen-bond donors (Lipinski definition) is 2. The molecule has 39 heavy (non-hydrogen) atoms. The molecule has 4 aromatic rings. The molecule has 1 aliphatic rings. The van der Waals surface area contributed by atoms with E-state index in [9.17, 15) is 19.0 Å². The summed E-state index contributed by atoms with van der Waals surface area (Å²) in [7, 11) is 0. The molecule has 4 heterocycles. The zero-order valence-electron chi connectivity index (χ0n) is 20.3. The van der Waals surface area contributed by atoms with E-state index >= 15 is 17.6 Å². The molecule has 0 fully saturated rings. The van der Waals surface area contributed by atoms with Gasteiger partial charge in [0, 0.05) is 55.4 Å². The summed E-state index contributed by atoms with van der Waals surface area (Å²) in [6, 6.07) is 8.06. The van der Waals surface area contributed by atoms with Crippen LogP contribution in [0.1, 0.15) is 54.0 Å². The van der Waals surface area contributed by atoms with E-state index in [2.05, 4.69) is 9.97 Å². The van der Waals surface area contributed by atoms with Crippen LogP contribution in [0, 0.1) is 13.8 Å². The molecule has 2 N–H and O–H groups in total. The number of nitrogens with zero attached hydrogens (tertiary/aromatic N) is 2. The van der Waals surface area contributed by atoms with Crippen LogP contribution in [0.15, 0.2) is 61.2 Å². The van der Waals surface area contributed by atoms with Crippen molar-refractivity contribution in [1.29, 1.82) is 0 Å². The lowest BCUT2D eigenvalue weighted by Crippen LogP contribution is -2.48. The largest absolute Gasteiger partial charge is 0.383 e. The number of hydrogen-bond acceptors (Lipinski definition) is 6. The van der Waals surface area contributed by atoms with Gasteiger partial charge < -0.3 is 10.2 Å². The van der Waals surface area contributed by atoms with Crippen molar-refractivity contribution in [1.82, 2.24) is 9.97 Å². The average molecular weight is 583 g/mol. The van der Waals surface area contributed by atoms with Crippen LogP contribution in [0.4, 0.5) is 26.3 Å². The van der Waals surface area contributed by atoms with Gasteiger partial charge in [-0.25, -0.2) is 0 Å². The Bertz CT molecular complexity index is 1440. The quantitative estimate of drug-likeness (QED) is 0.236. The van der Waals surface area contributed by atoms with Gasteiger partial charge in [0.05, 0.1) is 0 Å². The monoisotopic (exact) mass is 582 g/mol. The Morgan fingerprint density at radius 3 is 1.31 bits per heavy atom. The van der Waals surface area contributed by atoms with Gasteiger partial charge in [0.25, 0.3) is 0 Å². The van der Waals surface area contributed by atoms with Crippen LogP contribution in [-0.2, 0) is 0 Å². The summed E-state index contributed by atoms with van der Waals surface area (Å²) in [5.41, 5.74) is -3.26. The summed E-state index contributed by atoms with van der Waals surface area (Å²) >= 11 is 1.69. The van der Waals surface area contributed by atoms with Crippen LogP contribution >= 0.6 is 22.7 Å². The Balaban J connectivity index is 1.71. The van der Waals surface area contributed by atoms with E-state index in [4.69, 9.17) is 0 Å². The second-order valence-electron chi connectivity index (χ2n) is 9.08. The third kappa shape index (κ3) is 4.21. The summed E-state index contributed by atoms with van der Waals surface area (Å²) < 4.78 is 91.2. The highest BCUT2D eigenvalue weighted by Crippen LogP contribution is 2.66. The highest BCUT2D eigenvalue weighted by molar-refractivity contribution is 7.12. The molecule has 4 nitrogen and oxygen atoms in total. The standard InChI is InChI=1S/C27H20F6N2O2S2/c1-13-17(11-19(38-13)23(36)15-3-7-34-8-4-15)21-22(26(30,31)27(32,33)25(21,28)29)18-12-20(39-14(18)2)24(37)16-5-9-35-10-6-16/h3-12,23-24,36-37H,1-2H3. The van der Waals surface area contributed by atoms with E-state index in [0.717, 1.165) is 34.8 Å². The molecular formula is C27H20F6N2O2S2. The van der Waals surface area contributed by atoms with E-state index < -0.39 is 52.2 Å². The van der Waals surface area contributed by atoms with Crippen molar-refractivity contribution < 1.29 is 36.6 Å². The van der Waals surface area contributed by atoms with Crippen molar-refractivity contribution >= 4 is 33.8 Å². The SMILES string of the molecule is Cc1sc(C(O)c2ccncc2)cc1C1=C(c2cc(C(O)c3ccncc3)sc2C)C(F)(F)C(F)(F)C1(F)F. The van der Waals surface area contributed by atoms with Gasteiger partial charge >= 0.3 is 17.8 Å². The summed E-state index contributed by atoms with van der Waals surface area (Å²) in [5.74, 6) is -16.2. The zero-order valence-corrected chi connectivity index (χ0v) is 21.9. The van der Waals surface area contributed by atoms with Gasteiger partial charge in [-0.3, -0.25) is 9.97 Å². The second kappa shape index (κ2) is 9.54. The minimum atomic E-state index is -5.72. The van der Waals surface area contributed by atoms with Crippen molar-refractivity contribution in [3.63, 3.8) is 0 Å². The summed E-state index contributed by atoms with van der Waals surface area (Å²) in [4.78, 5) is 8.04. The molecule has 1 aliphatic carbocycles. The van der Waals surface area contributed by atoms with E-state index in [1.807, 2.05) is 0 Å². The molecule has 0 saturated carbocycles. The molecule has 0 amide bonds. The van der Waals surface area contributed by atoms with Crippen LogP contribution in [0.5, 0.6) is 0 Å². The third-order valence-corrected chi connectivity index (χ3v) is 8.87. The first kappa shape index (κ1) is 27.5. The Labute approximate surface area is 226 Å². The number of halogens is 6. The lowest BCUT2D eigenvalue weighted by molar-refractivity contribution is -0.254. The second-order valence-corrected chi connectivity index (χ2v) is 11.7. The van der Waals surface area contributed by atoms with E-state index in [-0.39, 0.29) is 19.5 Å². The van der Waals surface area contributed by atoms with Crippen molar-refractivity contribution in [3.05, 3.63) is 103 Å². The molecule has 0 radical (unpaired) electrons. The van der Waals surface area contributed by atoms with Crippen molar-refractivity contribution in [2.45, 2.75) is 43.8 Å². The van der Waals surface area contributed by atoms with Crippen molar-refractivity contribution in [2.24, 2.45) is 0 Å². The number of allylic oxidation sites excluding steroid dienone is 2. The van der Waals surface area contributed by atoms with E-state index in [0.29, 0.717) is 11.1 Å². The van der Waals surface area contributed by atoms with Crippen LogP contribution in [0.3, 0.4) is 0 Å². The summed E-state index contributed by atoms with van der Waals surface area (Å²) in [6.07, 6.45) is 3.01. The molecular weight excluding hydrogens is 562 g/mol. The minimum absolute atomic E-state index is 0.0590. The van der Waals surface area contributed by atoms with E-state index in [1.165, 1.54) is 62.9 Å². The molecule has 0 aromatic carbocycles. The maximum atomic E-state index is 15.4. The maximum Gasteiger partial charge on any atom is 0.380 e. The molecule has 0 saturated heterocycles. The number of aryl methyl sites for hydroxylation is 2. The smallest absolute Gasteiger partial charge is 0.380 e. The summed E-state index contributed by atoms with van der Waals surface area (Å²) in [6.45, 7) is 2.69. The first-order chi connectivity index (χ1) is 18.3. The Hall–Kier alpha value is -3.06. The Kier molecular flexibility index (Phi) is 6.73. The van der Waals surface area contributed by atoms with Crippen LogP contribution < -0.4 is 0 Å². The van der Waals surface area contributed by atoms with Crippen molar-refractivity contribution in [3.8, 4) is 0 Å². The number of aliphatic hydroxyl groups is 2. The number of thiophene rings is 2. The van der Waals surface area contributed by atoms with E-state index in [1.54, 1.807) is 0 Å². The predicted octanol–water partition coefficient (Wildman–Crippen LogP) is 7.21. The average Bonchev–Trinajstić information content (AvgIpc) is 3.51. The first-order valence-electron chi connectivity index (χ1n) is 11.5. The maximum absolute atomic E-state index is 15.4. The topological polar surface area (TPSA) is 66.2 Å². The zero-order chi connectivity index (χ0) is 28.3. The molecule has 2 atom stereocenters. The Morgan fingerprint density at radius 2 is 0.974 bits per heavy atom. The molecule has 2 unspecified atom stereocenters. The normalized spacial score (nSPS) is 19.3. The van der Waals surface area contributed by atoms with Crippen molar-refractivity contribution in [2.75, 3.05) is 0 Å². The first-order valence-corrected chi connectivity index (χ1v) is 13.2. The lowest BCUT2D eigenvalue weighted by Gasteiger charge is -2.25. The number of aliphatic hydroxyl groups excluding tert-OH is 2. The highest BCUT2D eigenvalue weighted by Gasteiger charge is 2.80. The minimum Gasteiger partial charge on any atom is -0.383 e. The van der Waals surface area contributed by atoms with Crippen LogP contribution in [-0.4, -0.2) is 37.9 Å². The van der Waals surface area contributed by atoms with Gasteiger partial charge in [-0.1, -0.05) is 0 Å².